The normalized spacial score (nSPS) is 17.3. The van der Waals surface area contributed by atoms with E-state index in [0.29, 0.717) is 10.1 Å². The minimum atomic E-state index is -0.865. The number of aliphatic carboxylic acids is 1. The molecule has 0 radical (unpaired) electrons. The minimum absolute atomic E-state index is 0.0160. The summed E-state index contributed by atoms with van der Waals surface area (Å²) in [6.07, 6.45) is 4.06. The summed E-state index contributed by atoms with van der Waals surface area (Å²) in [6, 6.07) is 13.4. The molecule has 148 valence electrons. The van der Waals surface area contributed by atoms with Crippen molar-refractivity contribution in [3.05, 3.63) is 64.1 Å². The summed E-state index contributed by atoms with van der Waals surface area (Å²) in [5.41, 5.74) is 5.05. The lowest BCUT2D eigenvalue weighted by Crippen LogP contribution is -2.24. The molecule has 2 heterocycles. The molecule has 1 amide bonds. The summed E-state index contributed by atoms with van der Waals surface area (Å²) in [5, 5.41) is 12.5. The van der Waals surface area contributed by atoms with Crippen molar-refractivity contribution in [2.75, 3.05) is 23.8 Å². The van der Waals surface area contributed by atoms with Gasteiger partial charge in [-0.25, -0.2) is 0 Å². The number of hydrogen-bond acceptors (Lipinski definition) is 5. The maximum atomic E-state index is 12.3. The highest BCUT2D eigenvalue weighted by atomic mass is 32.2. The third-order valence-electron chi connectivity index (χ3n) is 4.93. The Kier molecular flexibility index (Phi) is 5.40. The molecule has 6 nitrogen and oxygen atoms in total. The van der Waals surface area contributed by atoms with Crippen LogP contribution in [0, 0.1) is 0 Å². The highest BCUT2D eigenvalue weighted by Crippen LogP contribution is 2.32. The van der Waals surface area contributed by atoms with Crippen molar-refractivity contribution in [1.29, 1.82) is 0 Å². The summed E-state index contributed by atoms with van der Waals surface area (Å²) in [4.78, 5) is 30.0. The van der Waals surface area contributed by atoms with Gasteiger partial charge in [0.05, 0.1) is 11.3 Å². The van der Waals surface area contributed by atoms with Crippen molar-refractivity contribution in [2.24, 2.45) is 4.99 Å². The van der Waals surface area contributed by atoms with Crippen molar-refractivity contribution < 1.29 is 14.7 Å². The van der Waals surface area contributed by atoms with Gasteiger partial charge in [-0.05, 0) is 71.6 Å². The molecule has 2 aliphatic heterocycles. The van der Waals surface area contributed by atoms with Gasteiger partial charge >= 0.3 is 5.97 Å². The van der Waals surface area contributed by atoms with Gasteiger partial charge < -0.3 is 15.3 Å². The van der Waals surface area contributed by atoms with Crippen LogP contribution < -0.4 is 10.2 Å². The van der Waals surface area contributed by atoms with Crippen LogP contribution in [0.5, 0.6) is 0 Å². The first-order valence-electron chi connectivity index (χ1n) is 9.42. The van der Waals surface area contributed by atoms with Crippen molar-refractivity contribution >= 4 is 46.3 Å². The first-order chi connectivity index (χ1) is 14.0. The molecule has 4 rings (SSSR count). The summed E-state index contributed by atoms with van der Waals surface area (Å²) in [6.45, 7) is 1.07. The van der Waals surface area contributed by atoms with Gasteiger partial charge in [-0.1, -0.05) is 18.2 Å². The number of thioether (sulfide) groups is 1. The summed E-state index contributed by atoms with van der Waals surface area (Å²) in [5.74, 6) is -1.12. The van der Waals surface area contributed by atoms with Gasteiger partial charge in [-0.3, -0.25) is 9.59 Å². The predicted octanol–water partition coefficient (Wildman–Crippen LogP) is 3.78. The molecule has 0 aromatic heterocycles. The van der Waals surface area contributed by atoms with Crippen molar-refractivity contribution in [3.8, 4) is 0 Å². The number of carbonyl (C=O) groups is 2. The average molecular weight is 407 g/mol. The van der Waals surface area contributed by atoms with Gasteiger partial charge in [0.2, 0.25) is 0 Å². The fourth-order valence-corrected chi connectivity index (χ4v) is 4.35. The fourth-order valence-electron chi connectivity index (χ4n) is 3.51. The molecule has 0 saturated carbocycles. The Bertz CT molecular complexity index is 1030. The van der Waals surface area contributed by atoms with Gasteiger partial charge in [0.1, 0.15) is 0 Å². The Hall–Kier alpha value is -3.06. The SMILES string of the molecule is CN1CCCc2cc(C=C3SC(Nc4ccc(CC(=O)O)cc4)=NC3=O)ccc21. The van der Waals surface area contributed by atoms with E-state index < -0.39 is 5.97 Å². The molecule has 0 aliphatic carbocycles. The molecule has 0 saturated heterocycles. The molecule has 2 aliphatic rings. The van der Waals surface area contributed by atoms with E-state index in [2.05, 4.69) is 34.4 Å². The number of hydrogen-bond donors (Lipinski definition) is 2. The molecule has 2 N–H and O–H groups in total. The second-order valence-electron chi connectivity index (χ2n) is 7.14. The van der Waals surface area contributed by atoms with E-state index in [1.54, 1.807) is 24.3 Å². The average Bonchev–Trinajstić information content (AvgIpc) is 3.02. The number of carboxylic acids is 1. The zero-order valence-corrected chi connectivity index (χ0v) is 16.8. The molecule has 7 heteroatoms. The fraction of sp³-hybridized carbons (Fsp3) is 0.227. The summed E-state index contributed by atoms with van der Waals surface area (Å²) in [7, 11) is 2.10. The number of anilines is 2. The number of fused-ring (bicyclic) bond motifs is 1. The predicted molar refractivity (Wildman–Crippen MR) is 117 cm³/mol. The number of carboxylic acid groups (broad SMARTS) is 1. The maximum Gasteiger partial charge on any atom is 0.307 e. The number of amides is 1. The van der Waals surface area contributed by atoms with E-state index in [1.807, 2.05) is 12.1 Å². The molecular formula is C22H21N3O3S. The van der Waals surface area contributed by atoms with Crippen LogP contribution in [0.3, 0.4) is 0 Å². The molecule has 2 aromatic carbocycles. The first kappa shape index (κ1) is 19.3. The van der Waals surface area contributed by atoms with E-state index >= 15 is 0 Å². The molecule has 2 aromatic rings. The monoisotopic (exact) mass is 407 g/mol. The zero-order valence-electron chi connectivity index (χ0n) is 16.0. The van der Waals surface area contributed by atoms with Gasteiger partial charge in [-0.2, -0.15) is 4.99 Å². The Morgan fingerprint density at radius 3 is 2.83 bits per heavy atom. The van der Waals surface area contributed by atoms with Crippen molar-refractivity contribution in [2.45, 2.75) is 19.3 Å². The minimum Gasteiger partial charge on any atom is -0.481 e. The van der Waals surface area contributed by atoms with Crippen LogP contribution in [-0.2, 0) is 22.4 Å². The Balaban J connectivity index is 1.44. The maximum absolute atomic E-state index is 12.3. The third-order valence-corrected chi connectivity index (χ3v) is 5.83. The van der Waals surface area contributed by atoms with Crippen LogP contribution >= 0.6 is 11.8 Å². The number of amidine groups is 1. The molecule has 0 bridgehead atoms. The molecule has 0 atom stereocenters. The third kappa shape index (κ3) is 4.51. The molecule has 0 spiro atoms. The van der Waals surface area contributed by atoms with Crippen molar-refractivity contribution in [1.82, 2.24) is 0 Å². The number of benzene rings is 2. The van der Waals surface area contributed by atoms with E-state index in [-0.39, 0.29) is 12.3 Å². The van der Waals surface area contributed by atoms with Crippen LogP contribution in [0.1, 0.15) is 23.1 Å². The van der Waals surface area contributed by atoms with Crippen LogP contribution in [0.2, 0.25) is 0 Å². The van der Waals surface area contributed by atoms with E-state index in [4.69, 9.17) is 5.11 Å². The largest absolute Gasteiger partial charge is 0.481 e. The van der Waals surface area contributed by atoms with Crippen LogP contribution in [0.25, 0.3) is 6.08 Å². The van der Waals surface area contributed by atoms with Gasteiger partial charge in [0, 0.05) is 25.0 Å². The summed E-state index contributed by atoms with van der Waals surface area (Å²) < 4.78 is 0. The zero-order chi connectivity index (χ0) is 20.4. The number of rotatable bonds is 4. The number of carbonyl (C=O) groups excluding carboxylic acids is 1. The van der Waals surface area contributed by atoms with Crippen LogP contribution in [-0.4, -0.2) is 35.7 Å². The lowest BCUT2D eigenvalue weighted by atomic mass is 9.99. The van der Waals surface area contributed by atoms with Gasteiger partial charge in [0.25, 0.3) is 5.91 Å². The number of nitrogens with one attached hydrogen (secondary N) is 1. The molecular weight excluding hydrogens is 386 g/mol. The highest BCUT2D eigenvalue weighted by molar-refractivity contribution is 8.18. The highest BCUT2D eigenvalue weighted by Gasteiger charge is 2.22. The lowest BCUT2D eigenvalue weighted by molar-refractivity contribution is -0.136. The van der Waals surface area contributed by atoms with E-state index in [1.165, 1.54) is 23.0 Å². The summed E-state index contributed by atoms with van der Waals surface area (Å²) >= 11 is 1.31. The van der Waals surface area contributed by atoms with E-state index in [0.717, 1.165) is 36.2 Å². The Morgan fingerprint density at radius 2 is 2.07 bits per heavy atom. The van der Waals surface area contributed by atoms with Crippen molar-refractivity contribution in [3.63, 3.8) is 0 Å². The van der Waals surface area contributed by atoms with Gasteiger partial charge in [-0.15, -0.1) is 0 Å². The quantitative estimate of drug-likeness (QED) is 0.751. The number of nitrogens with zero attached hydrogens (tertiary/aromatic N) is 2. The molecule has 29 heavy (non-hydrogen) atoms. The standard InChI is InChI=1S/C22H21N3O3S/c1-25-10-2-3-16-11-15(6-9-18(16)25)12-19-21(28)24-22(29-19)23-17-7-4-14(5-8-17)13-20(26)27/h4-9,11-12H,2-3,10,13H2,1H3,(H,26,27)(H,23,24,28). The smallest absolute Gasteiger partial charge is 0.307 e. The molecule has 0 unspecified atom stereocenters. The van der Waals surface area contributed by atoms with E-state index in [9.17, 15) is 9.59 Å². The second kappa shape index (κ2) is 8.13. The molecule has 0 fully saturated rings. The second-order valence-corrected chi connectivity index (χ2v) is 8.17. The topological polar surface area (TPSA) is 82.0 Å². The first-order valence-corrected chi connectivity index (χ1v) is 10.2. The number of aliphatic imine (C=N–C) groups is 1. The Labute approximate surface area is 173 Å². The van der Waals surface area contributed by atoms with Gasteiger partial charge in [0.15, 0.2) is 5.17 Å². The van der Waals surface area contributed by atoms with Crippen LogP contribution in [0.15, 0.2) is 52.4 Å². The Morgan fingerprint density at radius 1 is 1.28 bits per heavy atom. The lowest BCUT2D eigenvalue weighted by Gasteiger charge is -2.27. The number of aryl methyl sites for hydroxylation is 1. The van der Waals surface area contributed by atoms with Crippen LogP contribution in [0.4, 0.5) is 11.4 Å².